The van der Waals surface area contributed by atoms with Crippen LogP contribution in [0, 0.1) is 0 Å². The molecule has 0 aliphatic carbocycles. The van der Waals surface area contributed by atoms with Crippen LogP contribution in [0.4, 0.5) is 13.2 Å². The summed E-state index contributed by atoms with van der Waals surface area (Å²) in [5.74, 6) is -0.285. The van der Waals surface area contributed by atoms with Crippen molar-refractivity contribution in [1.82, 2.24) is 14.7 Å². The predicted molar refractivity (Wildman–Crippen MR) is 148 cm³/mol. The van der Waals surface area contributed by atoms with Crippen LogP contribution in [0.1, 0.15) is 23.2 Å². The number of hydrogen-bond donors (Lipinski definition) is 1. The Labute approximate surface area is 233 Å². The van der Waals surface area contributed by atoms with Gasteiger partial charge in [0.15, 0.2) is 0 Å². The van der Waals surface area contributed by atoms with Crippen molar-refractivity contribution in [3.63, 3.8) is 0 Å². The molecular weight excluding hydrogens is 546 g/mol. The molecule has 0 saturated heterocycles. The fourth-order valence-corrected chi connectivity index (χ4v) is 4.78. The number of nitrogens with one attached hydrogen (secondary N) is 1. The number of aromatic nitrogens is 2. The fraction of sp³-hybridized carbons (Fsp3) is 0.133. The second-order valence-electron chi connectivity index (χ2n) is 9.01. The van der Waals surface area contributed by atoms with Gasteiger partial charge in [-0.15, -0.1) is 0 Å². The number of carbonyl (C=O) groups excluding carboxylic acids is 1. The number of nitrogens with zero attached hydrogens (tertiary/aromatic N) is 2. The van der Waals surface area contributed by atoms with Crippen LogP contribution in [0.15, 0.2) is 91.1 Å². The first-order valence-electron chi connectivity index (χ1n) is 12.1. The van der Waals surface area contributed by atoms with Crippen LogP contribution in [0.3, 0.4) is 0 Å². The molecule has 4 nitrogen and oxygen atoms in total. The molecule has 0 fully saturated rings. The number of fused-ring (bicyclic) bond motifs is 1. The number of amides is 1. The maximum absolute atomic E-state index is 13.0. The largest absolute Gasteiger partial charge is 0.416 e. The first kappa shape index (κ1) is 26.8. The Balaban J connectivity index is 1.42. The van der Waals surface area contributed by atoms with E-state index in [9.17, 15) is 18.0 Å². The van der Waals surface area contributed by atoms with Crippen molar-refractivity contribution in [3.8, 4) is 22.4 Å². The van der Waals surface area contributed by atoms with Crippen LogP contribution in [0.5, 0.6) is 0 Å². The second kappa shape index (κ2) is 11.1. The van der Waals surface area contributed by atoms with E-state index in [-0.39, 0.29) is 18.9 Å². The highest BCUT2D eigenvalue weighted by molar-refractivity contribution is 6.33. The molecule has 0 bridgehead atoms. The molecular formula is C30H22Cl2F3N3O. The summed E-state index contributed by atoms with van der Waals surface area (Å²) >= 11 is 12.5. The monoisotopic (exact) mass is 567 g/mol. The Morgan fingerprint density at radius 3 is 2.38 bits per heavy atom. The number of aryl methyl sites for hydroxylation is 1. The van der Waals surface area contributed by atoms with Crippen LogP contribution in [0.25, 0.3) is 28.0 Å². The lowest BCUT2D eigenvalue weighted by Gasteiger charge is -2.11. The van der Waals surface area contributed by atoms with Gasteiger partial charge >= 0.3 is 6.18 Å². The first-order valence-corrected chi connectivity index (χ1v) is 12.9. The third-order valence-electron chi connectivity index (χ3n) is 6.35. The number of carbonyl (C=O) groups is 1. The van der Waals surface area contributed by atoms with E-state index in [4.69, 9.17) is 28.2 Å². The van der Waals surface area contributed by atoms with Gasteiger partial charge in [0.25, 0.3) is 0 Å². The minimum Gasteiger partial charge on any atom is -0.352 e. The minimum absolute atomic E-state index is 0.00337. The summed E-state index contributed by atoms with van der Waals surface area (Å²) in [4.78, 5) is 17.6. The van der Waals surface area contributed by atoms with E-state index in [0.29, 0.717) is 33.4 Å². The average molecular weight is 568 g/mol. The van der Waals surface area contributed by atoms with Crippen LogP contribution in [0.2, 0.25) is 10.0 Å². The summed E-state index contributed by atoms with van der Waals surface area (Å²) in [6.45, 7) is -0.00337. The zero-order valence-corrected chi connectivity index (χ0v) is 22.0. The molecule has 1 N–H and O–H groups in total. The predicted octanol–water partition coefficient (Wildman–Crippen LogP) is 8.24. The Kier molecular flexibility index (Phi) is 7.64. The molecule has 0 saturated carbocycles. The Hall–Kier alpha value is -3.81. The molecule has 0 unspecified atom stereocenters. The molecule has 5 rings (SSSR count). The maximum atomic E-state index is 13.0. The third kappa shape index (κ3) is 6.10. The van der Waals surface area contributed by atoms with E-state index in [0.717, 1.165) is 34.5 Å². The molecule has 0 aliphatic heterocycles. The zero-order valence-electron chi connectivity index (χ0n) is 20.5. The number of halogens is 5. The van der Waals surface area contributed by atoms with Gasteiger partial charge in [-0.25, -0.2) is 4.98 Å². The molecule has 39 heavy (non-hydrogen) atoms. The molecule has 2 heterocycles. The van der Waals surface area contributed by atoms with E-state index in [1.165, 1.54) is 6.07 Å². The summed E-state index contributed by atoms with van der Waals surface area (Å²) in [5, 5.41) is 3.94. The quantitative estimate of drug-likeness (QED) is 0.215. The smallest absolute Gasteiger partial charge is 0.352 e. The summed E-state index contributed by atoms with van der Waals surface area (Å²) in [5.41, 5.74) is 4.47. The zero-order chi connectivity index (χ0) is 27.6. The molecule has 5 aromatic rings. The molecule has 2 aromatic heterocycles. The maximum Gasteiger partial charge on any atom is 0.416 e. The molecule has 0 aliphatic rings. The van der Waals surface area contributed by atoms with Gasteiger partial charge in [-0.3, -0.25) is 4.79 Å². The lowest BCUT2D eigenvalue weighted by atomic mass is 10.1. The standard InChI is InChI=1S/C30H22Cl2F3N3O/c31-23-11-8-20(9-12-23)29-26(13-15-28(39)36-17-19-4-3-5-22(16-19)30(33,34)35)38-18-21(10-14-27(38)37-29)24-6-1-2-7-25(24)32/h1-12,14,16,18H,13,15,17H2,(H,36,39). The average Bonchev–Trinajstić information content (AvgIpc) is 3.29. The number of hydrogen-bond acceptors (Lipinski definition) is 2. The highest BCUT2D eigenvalue weighted by Gasteiger charge is 2.30. The summed E-state index contributed by atoms with van der Waals surface area (Å²) in [7, 11) is 0. The van der Waals surface area contributed by atoms with E-state index < -0.39 is 11.7 Å². The lowest BCUT2D eigenvalue weighted by molar-refractivity contribution is -0.137. The molecule has 198 valence electrons. The van der Waals surface area contributed by atoms with Crippen LogP contribution >= 0.6 is 23.2 Å². The van der Waals surface area contributed by atoms with Crippen molar-refractivity contribution in [3.05, 3.63) is 118 Å². The summed E-state index contributed by atoms with van der Waals surface area (Å²) in [6, 6.07) is 23.6. The molecule has 0 radical (unpaired) electrons. The van der Waals surface area contributed by atoms with Crippen molar-refractivity contribution < 1.29 is 18.0 Å². The second-order valence-corrected chi connectivity index (χ2v) is 9.86. The Bertz CT molecular complexity index is 1650. The Morgan fingerprint density at radius 2 is 1.64 bits per heavy atom. The van der Waals surface area contributed by atoms with Crippen LogP contribution < -0.4 is 5.32 Å². The van der Waals surface area contributed by atoms with Gasteiger partial charge < -0.3 is 9.72 Å². The summed E-state index contributed by atoms with van der Waals surface area (Å²) in [6.07, 6.45) is -2.04. The highest BCUT2D eigenvalue weighted by atomic mass is 35.5. The van der Waals surface area contributed by atoms with E-state index >= 15 is 0 Å². The van der Waals surface area contributed by atoms with E-state index in [1.807, 2.05) is 59.1 Å². The van der Waals surface area contributed by atoms with Crippen LogP contribution in [-0.4, -0.2) is 15.3 Å². The van der Waals surface area contributed by atoms with Gasteiger partial charge in [-0.1, -0.05) is 65.7 Å². The van der Waals surface area contributed by atoms with Gasteiger partial charge in [-0.05, 0) is 60.0 Å². The summed E-state index contributed by atoms with van der Waals surface area (Å²) < 4.78 is 41.0. The molecule has 0 atom stereocenters. The van der Waals surface area contributed by atoms with Crippen molar-refractivity contribution in [2.45, 2.75) is 25.6 Å². The number of benzene rings is 3. The molecule has 0 spiro atoms. The minimum atomic E-state index is -4.44. The molecule has 3 aromatic carbocycles. The number of rotatable bonds is 7. The highest BCUT2D eigenvalue weighted by Crippen LogP contribution is 2.32. The SMILES string of the molecule is O=C(CCc1c(-c2ccc(Cl)cc2)nc2ccc(-c3ccccc3Cl)cn12)NCc1cccc(C(F)(F)F)c1. The van der Waals surface area contributed by atoms with Crippen LogP contribution in [-0.2, 0) is 23.9 Å². The van der Waals surface area contributed by atoms with Gasteiger partial charge in [0.1, 0.15) is 5.65 Å². The fourth-order valence-electron chi connectivity index (χ4n) is 4.40. The number of pyridine rings is 1. The van der Waals surface area contributed by atoms with E-state index in [2.05, 4.69) is 5.32 Å². The van der Waals surface area contributed by atoms with Gasteiger partial charge in [0, 0.05) is 40.3 Å². The van der Waals surface area contributed by atoms with Crippen molar-refractivity contribution in [2.24, 2.45) is 0 Å². The van der Waals surface area contributed by atoms with Crippen molar-refractivity contribution in [1.29, 1.82) is 0 Å². The van der Waals surface area contributed by atoms with Gasteiger partial charge in [0.05, 0.1) is 17.0 Å². The number of alkyl halides is 3. The Morgan fingerprint density at radius 1 is 0.897 bits per heavy atom. The molecule has 9 heteroatoms. The van der Waals surface area contributed by atoms with Crippen molar-refractivity contribution in [2.75, 3.05) is 0 Å². The van der Waals surface area contributed by atoms with E-state index in [1.54, 1.807) is 18.2 Å². The van der Waals surface area contributed by atoms with Gasteiger partial charge in [-0.2, -0.15) is 13.2 Å². The number of imidazole rings is 1. The lowest BCUT2D eigenvalue weighted by Crippen LogP contribution is -2.23. The van der Waals surface area contributed by atoms with Crippen molar-refractivity contribution >= 4 is 34.8 Å². The first-order chi connectivity index (χ1) is 18.7. The molecule has 1 amide bonds. The topological polar surface area (TPSA) is 46.4 Å². The third-order valence-corrected chi connectivity index (χ3v) is 6.93. The van der Waals surface area contributed by atoms with Gasteiger partial charge in [0.2, 0.25) is 5.91 Å². The normalized spacial score (nSPS) is 11.6.